The minimum atomic E-state index is -1.18. The number of aliphatic hydroxyl groups is 2. The standard InChI is InChI=1S/C12H21N3O5S.C10H18N2O4S.C7H13NO2S/c1-7(16)5-14-11(18)9(6-21-2)15-10(17)4-3-8(13)12(19)20;1-6(13)8(5-17-2)12-9(14)4-3-7(11)10(15)16;1-5(9)7(4-11-3)8-6(2)10/h8-9H,3-6,13H2,1-2H3,(H,14,18)(H,15,17)(H,19,20);7-8,13H,1,3-5,11H2,2H3,(H,12,14)(H,15,16);7,9H,1,4H2,2-3H3,(H,8,10). The summed E-state index contributed by atoms with van der Waals surface area (Å²) in [4.78, 5) is 77.3. The van der Waals surface area contributed by atoms with Crippen molar-refractivity contribution >= 4 is 76.6 Å². The van der Waals surface area contributed by atoms with Gasteiger partial charge in [-0.05, 0) is 38.5 Å². The average molecular weight is 757 g/mol. The first-order valence-electron chi connectivity index (χ1n) is 14.6. The number of aliphatic carboxylic acids is 2. The highest BCUT2D eigenvalue weighted by molar-refractivity contribution is 7.99. The van der Waals surface area contributed by atoms with E-state index in [2.05, 4.69) is 34.4 Å². The van der Waals surface area contributed by atoms with Gasteiger partial charge in [0.2, 0.25) is 23.6 Å². The molecule has 17 nitrogen and oxygen atoms in total. The van der Waals surface area contributed by atoms with Crippen LogP contribution in [0.3, 0.4) is 0 Å². The second-order valence-electron chi connectivity index (χ2n) is 10.2. The number of amides is 4. The van der Waals surface area contributed by atoms with E-state index in [9.17, 15) is 38.7 Å². The molecule has 5 unspecified atom stereocenters. The van der Waals surface area contributed by atoms with Gasteiger partial charge in [-0.1, -0.05) is 13.2 Å². The molecule has 12 N–H and O–H groups in total. The Kier molecular flexibility index (Phi) is 30.0. The number of thioether (sulfide) groups is 3. The molecule has 0 fully saturated rings. The summed E-state index contributed by atoms with van der Waals surface area (Å²) in [5.41, 5.74) is 10.6. The molecule has 0 rings (SSSR count). The lowest BCUT2D eigenvalue weighted by Gasteiger charge is -2.17. The molecule has 0 aromatic heterocycles. The number of rotatable bonds is 22. The fraction of sp³-hybridized carbons (Fsp3) is 0.621. The van der Waals surface area contributed by atoms with E-state index in [4.69, 9.17) is 26.8 Å². The summed E-state index contributed by atoms with van der Waals surface area (Å²) < 4.78 is 0. The molecular formula is C29H52N6O11S3. The third-order valence-corrected chi connectivity index (χ3v) is 7.68. The Morgan fingerprint density at radius 2 is 0.980 bits per heavy atom. The van der Waals surface area contributed by atoms with Crippen LogP contribution in [-0.2, 0) is 33.6 Å². The second kappa shape index (κ2) is 29.5. The van der Waals surface area contributed by atoms with Gasteiger partial charge in [0.25, 0.3) is 0 Å². The largest absolute Gasteiger partial charge is 0.511 e. The van der Waals surface area contributed by atoms with Gasteiger partial charge >= 0.3 is 11.9 Å². The first-order valence-corrected chi connectivity index (χ1v) is 18.7. The lowest BCUT2D eigenvalue weighted by Crippen LogP contribution is -2.49. The number of aliphatic hydroxyl groups excluding tert-OH is 2. The van der Waals surface area contributed by atoms with E-state index in [1.165, 1.54) is 37.4 Å². The quantitative estimate of drug-likeness (QED) is 0.0637. The first-order chi connectivity index (χ1) is 22.7. The van der Waals surface area contributed by atoms with Crippen LogP contribution < -0.4 is 32.7 Å². The zero-order valence-corrected chi connectivity index (χ0v) is 30.9. The Balaban J connectivity index is -0.000000680. The molecule has 0 radical (unpaired) electrons. The lowest BCUT2D eigenvalue weighted by atomic mass is 10.1. The van der Waals surface area contributed by atoms with Crippen LogP contribution in [0.15, 0.2) is 24.7 Å². The molecule has 0 aliphatic rings. The van der Waals surface area contributed by atoms with Crippen LogP contribution in [-0.4, -0.2) is 135 Å². The highest BCUT2D eigenvalue weighted by Gasteiger charge is 2.22. The summed E-state index contributed by atoms with van der Waals surface area (Å²) in [7, 11) is 0. The van der Waals surface area contributed by atoms with E-state index in [0.29, 0.717) is 17.3 Å². The molecule has 20 heteroatoms. The summed E-state index contributed by atoms with van der Waals surface area (Å²) in [5.74, 6) is -2.52. The first kappa shape index (κ1) is 49.9. The third kappa shape index (κ3) is 29.2. The third-order valence-electron chi connectivity index (χ3n) is 5.68. The Labute approximate surface area is 299 Å². The summed E-state index contributed by atoms with van der Waals surface area (Å²) in [6.07, 6.45) is 5.48. The predicted molar refractivity (Wildman–Crippen MR) is 194 cm³/mol. The van der Waals surface area contributed by atoms with Crippen LogP contribution in [0.2, 0.25) is 0 Å². The van der Waals surface area contributed by atoms with Crippen molar-refractivity contribution in [3.05, 3.63) is 24.7 Å². The Hall–Kier alpha value is -3.46. The van der Waals surface area contributed by atoms with E-state index >= 15 is 0 Å². The smallest absolute Gasteiger partial charge is 0.320 e. The molecule has 0 aromatic carbocycles. The lowest BCUT2D eigenvalue weighted by molar-refractivity contribution is -0.140. The SMILES string of the molecule is C=C(O)C(CSC)NC(=O)CCC(N)C(=O)O.C=C(O)C(CSC)NC(C)=O.CSCC(NC(=O)CCC(N)C(=O)O)C(=O)NCC(C)=O. The van der Waals surface area contributed by atoms with E-state index in [0.717, 1.165) is 0 Å². The summed E-state index contributed by atoms with van der Waals surface area (Å²) in [5, 5.41) is 45.4. The number of hydrogen-bond donors (Lipinski definition) is 10. The Morgan fingerprint density at radius 3 is 1.29 bits per heavy atom. The topological polar surface area (TPSA) is 301 Å². The number of ketones is 1. The number of carbonyl (C=O) groups is 7. The van der Waals surface area contributed by atoms with Crippen molar-refractivity contribution in [1.29, 1.82) is 0 Å². The van der Waals surface area contributed by atoms with Gasteiger partial charge in [-0.2, -0.15) is 35.3 Å². The number of Topliss-reactive ketones (excluding diaryl/α,β-unsaturated/α-hetero) is 1. The number of nitrogens with one attached hydrogen (secondary N) is 4. The van der Waals surface area contributed by atoms with Crippen LogP contribution in [0, 0.1) is 0 Å². The van der Waals surface area contributed by atoms with Gasteiger partial charge in [0.15, 0.2) is 0 Å². The predicted octanol–water partition coefficient (Wildman–Crippen LogP) is -0.245. The van der Waals surface area contributed by atoms with Crippen LogP contribution in [0.1, 0.15) is 39.5 Å². The van der Waals surface area contributed by atoms with Crippen molar-refractivity contribution in [2.75, 3.05) is 42.6 Å². The molecule has 0 heterocycles. The molecule has 0 aromatic rings. The summed E-state index contributed by atoms with van der Waals surface area (Å²) in [6, 6.07) is -3.76. The maximum atomic E-state index is 11.8. The minimum absolute atomic E-state index is 0.00558. The Bertz CT molecular complexity index is 1110. The van der Waals surface area contributed by atoms with Crippen molar-refractivity contribution in [1.82, 2.24) is 21.3 Å². The van der Waals surface area contributed by atoms with E-state index in [1.807, 2.05) is 12.5 Å². The fourth-order valence-electron chi connectivity index (χ4n) is 3.06. The monoisotopic (exact) mass is 756 g/mol. The van der Waals surface area contributed by atoms with Gasteiger partial charge in [0.1, 0.15) is 35.4 Å². The second-order valence-corrected chi connectivity index (χ2v) is 13.0. The molecule has 5 atom stereocenters. The molecule has 49 heavy (non-hydrogen) atoms. The molecular weight excluding hydrogens is 705 g/mol. The Morgan fingerprint density at radius 1 is 0.633 bits per heavy atom. The summed E-state index contributed by atoms with van der Waals surface area (Å²) >= 11 is 4.36. The van der Waals surface area contributed by atoms with Crippen LogP contribution >= 0.6 is 35.3 Å². The van der Waals surface area contributed by atoms with Gasteiger partial charge < -0.3 is 53.2 Å². The van der Waals surface area contributed by atoms with Gasteiger partial charge in [-0.3, -0.25) is 33.6 Å². The van der Waals surface area contributed by atoms with Gasteiger partial charge in [0, 0.05) is 37.0 Å². The van der Waals surface area contributed by atoms with Crippen LogP contribution in [0.25, 0.3) is 0 Å². The average Bonchev–Trinajstić information content (AvgIpc) is 3.00. The maximum Gasteiger partial charge on any atom is 0.320 e. The fourth-order valence-corrected chi connectivity index (χ4v) is 4.84. The van der Waals surface area contributed by atoms with Crippen molar-refractivity contribution in [3.8, 4) is 0 Å². The summed E-state index contributed by atoms with van der Waals surface area (Å²) in [6.45, 7) is 9.38. The highest BCUT2D eigenvalue weighted by Crippen LogP contribution is 2.05. The minimum Gasteiger partial charge on any atom is -0.511 e. The molecule has 0 aliphatic carbocycles. The number of carboxylic acids is 2. The normalized spacial score (nSPS) is 13.1. The van der Waals surface area contributed by atoms with Crippen LogP contribution in [0.4, 0.5) is 0 Å². The van der Waals surface area contributed by atoms with Crippen molar-refractivity contribution < 1.29 is 54.0 Å². The number of nitrogens with two attached hydrogens (primary N) is 2. The molecule has 282 valence electrons. The zero-order chi connectivity index (χ0) is 38.7. The van der Waals surface area contributed by atoms with Crippen molar-refractivity contribution in [2.45, 2.75) is 69.7 Å². The zero-order valence-electron chi connectivity index (χ0n) is 28.5. The molecule has 4 amide bonds. The van der Waals surface area contributed by atoms with Crippen molar-refractivity contribution in [2.24, 2.45) is 11.5 Å². The van der Waals surface area contributed by atoms with Crippen molar-refractivity contribution in [3.63, 3.8) is 0 Å². The van der Waals surface area contributed by atoms with E-state index in [1.54, 1.807) is 18.0 Å². The molecule has 0 saturated carbocycles. The number of carbonyl (C=O) groups excluding carboxylic acids is 5. The van der Waals surface area contributed by atoms with Gasteiger partial charge in [0.05, 0.1) is 18.6 Å². The number of carboxylic acid groups (broad SMARTS) is 2. The molecule has 0 aliphatic heterocycles. The maximum absolute atomic E-state index is 11.8. The molecule has 0 saturated heterocycles. The highest BCUT2D eigenvalue weighted by atomic mass is 32.2. The molecule has 0 bridgehead atoms. The van der Waals surface area contributed by atoms with Gasteiger partial charge in [-0.25, -0.2) is 0 Å². The van der Waals surface area contributed by atoms with Gasteiger partial charge in [-0.15, -0.1) is 0 Å². The molecule has 0 spiro atoms. The van der Waals surface area contributed by atoms with Crippen LogP contribution in [0.5, 0.6) is 0 Å². The number of hydrogen-bond acceptors (Lipinski definition) is 14. The van der Waals surface area contributed by atoms with E-state index in [-0.39, 0.29) is 67.4 Å². The van der Waals surface area contributed by atoms with E-state index < -0.39 is 47.9 Å².